The molecule has 0 N–H and O–H groups in total. The Morgan fingerprint density at radius 3 is 2.61 bits per heavy atom. The molecule has 1 saturated heterocycles. The number of aromatic nitrogens is 4. The number of hydrogen-bond donors (Lipinski definition) is 0. The molecule has 1 aliphatic rings. The Labute approximate surface area is 209 Å². The molecule has 4 aromatic rings. The minimum Gasteiger partial charge on any atom is -0.633 e. The zero-order chi connectivity index (χ0) is 25.4. The van der Waals surface area contributed by atoms with Gasteiger partial charge < -0.3 is 14.6 Å². The Morgan fingerprint density at radius 1 is 1.14 bits per heavy atom. The Bertz CT molecular complexity index is 1450. The van der Waals surface area contributed by atoms with Gasteiger partial charge in [0.15, 0.2) is 0 Å². The van der Waals surface area contributed by atoms with Crippen molar-refractivity contribution in [2.75, 3.05) is 26.2 Å². The average molecular weight is 494 g/mol. The van der Waals surface area contributed by atoms with Crippen LogP contribution in [0.4, 0.5) is 4.39 Å². The van der Waals surface area contributed by atoms with Gasteiger partial charge >= 0.3 is 5.69 Å². The second-order valence-electron chi connectivity index (χ2n) is 10.0. The molecule has 9 heteroatoms. The summed E-state index contributed by atoms with van der Waals surface area (Å²) in [5.41, 5.74) is 2.78. The number of hydrogen-bond acceptors (Lipinski definition) is 5. The monoisotopic (exact) mass is 493 g/mol. The van der Waals surface area contributed by atoms with Crippen molar-refractivity contribution >= 4 is 21.9 Å². The standard InChI is InChI=1S/C27H32FN5O3/c1-18(2)32-26-21-14-20(22(28)15-23(21)29-17-24(26)31(3)27(32)34)19-8-9-25(30-16-19)36-13-7-12-33(35)10-5-4-6-11-33/h8-9,14-18H,4-7,10-13H2,1-3H3. The van der Waals surface area contributed by atoms with E-state index in [9.17, 15) is 10.0 Å². The van der Waals surface area contributed by atoms with Crippen molar-refractivity contribution in [3.63, 3.8) is 0 Å². The molecule has 0 atom stereocenters. The molecule has 1 fully saturated rings. The van der Waals surface area contributed by atoms with Crippen LogP contribution >= 0.6 is 0 Å². The third-order valence-electron chi connectivity index (χ3n) is 7.16. The molecular weight excluding hydrogens is 461 g/mol. The summed E-state index contributed by atoms with van der Waals surface area (Å²) in [7, 11) is 1.72. The number of benzene rings is 1. The molecule has 0 amide bonds. The molecule has 3 aromatic heterocycles. The SMILES string of the molecule is CC(C)n1c(=O)n(C)c2cnc3cc(F)c(-c4ccc(OCCC[N+]5([O-])CCCCC5)nc4)cc3c21. The molecule has 0 aliphatic carbocycles. The number of imidazole rings is 1. The summed E-state index contributed by atoms with van der Waals surface area (Å²) >= 11 is 0. The number of hydroxylamine groups is 3. The number of fused-ring (bicyclic) bond motifs is 3. The van der Waals surface area contributed by atoms with Gasteiger partial charge in [-0.05, 0) is 45.2 Å². The fourth-order valence-electron chi connectivity index (χ4n) is 5.21. The predicted molar refractivity (Wildman–Crippen MR) is 138 cm³/mol. The lowest BCUT2D eigenvalue weighted by Gasteiger charge is -2.45. The van der Waals surface area contributed by atoms with Crippen molar-refractivity contribution in [3.05, 3.63) is 58.2 Å². The first-order valence-corrected chi connectivity index (χ1v) is 12.6. The molecule has 0 unspecified atom stereocenters. The van der Waals surface area contributed by atoms with Crippen LogP contribution in [0.5, 0.6) is 5.88 Å². The van der Waals surface area contributed by atoms with Gasteiger partial charge in [0, 0.05) is 54.4 Å². The average Bonchev–Trinajstić information content (AvgIpc) is 3.12. The highest BCUT2D eigenvalue weighted by Gasteiger charge is 2.21. The van der Waals surface area contributed by atoms with Gasteiger partial charge in [-0.25, -0.2) is 14.2 Å². The molecule has 0 radical (unpaired) electrons. The first-order valence-electron chi connectivity index (χ1n) is 12.6. The molecular formula is C27H32FN5O3. The van der Waals surface area contributed by atoms with E-state index in [1.807, 2.05) is 13.8 Å². The van der Waals surface area contributed by atoms with Crippen LogP contribution in [0, 0.1) is 11.0 Å². The summed E-state index contributed by atoms with van der Waals surface area (Å²) in [6, 6.07) is 6.57. The number of halogens is 1. The van der Waals surface area contributed by atoms with Gasteiger partial charge in [0.1, 0.15) is 5.82 Å². The number of piperidine rings is 1. The third-order valence-corrected chi connectivity index (χ3v) is 7.16. The number of rotatable bonds is 7. The maximum atomic E-state index is 15.1. The zero-order valence-electron chi connectivity index (χ0n) is 21.0. The first-order chi connectivity index (χ1) is 17.3. The molecule has 0 saturated carbocycles. The van der Waals surface area contributed by atoms with E-state index in [2.05, 4.69) is 9.97 Å². The Hall–Kier alpha value is -3.30. The van der Waals surface area contributed by atoms with Crippen molar-refractivity contribution in [3.8, 4) is 17.0 Å². The maximum Gasteiger partial charge on any atom is 0.329 e. The van der Waals surface area contributed by atoms with Crippen LogP contribution in [0.2, 0.25) is 0 Å². The lowest BCUT2D eigenvalue weighted by atomic mass is 10.0. The highest BCUT2D eigenvalue weighted by atomic mass is 19.1. The Morgan fingerprint density at radius 2 is 1.92 bits per heavy atom. The number of ether oxygens (including phenoxy) is 1. The molecule has 190 valence electrons. The van der Waals surface area contributed by atoms with Gasteiger partial charge in [0.05, 0.1) is 49.0 Å². The topological polar surface area (TPSA) is 85.0 Å². The number of likely N-dealkylation sites (tertiary alicyclic amines) is 1. The molecule has 1 aliphatic heterocycles. The summed E-state index contributed by atoms with van der Waals surface area (Å²) in [4.78, 5) is 21.6. The van der Waals surface area contributed by atoms with E-state index in [1.165, 1.54) is 6.07 Å². The molecule has 0 spiro atoms. The second-order valence-corrected chi connectivity index (χ2v) is 10.0. The van der Waals surface area contributed by atoms with Crippen molar-refractivity contribution in [1.29, 1.82) is 0 Å². The molecule has 4 heterocycles. The van der Waals surface area contributed by atoms with Crippen LogP contribution in [-0.2, 0) is 7.05 Å². The van der Waals surface area contributed by atoms with E-state index in [0.717, 1.165) is 24.8 Å². The molecule has 1 aromatic carbocycles. The second kappa shape index (κ2) is 9.63. The van der Waals surface area contributed by atoms with Gasteiger partial charge in [-0.2, -0.15) is 0 Å². The fraction of sp³-hybridized carbons (Fsp3) is 0.444. The summed E-state index contributed by atoms with van der Waals surface area (Å²) in [5.74, 6) is 0.0296. The van der Waals surface area contributed by atoms with Gasteiger partial charge in [-0.1, -0.05) is 0 Å². The predicted octanol–water partition coefficient (Wildman–Crippen LogP) is 4.94. The van der Waals surface area contributed by atoms with E-state index in [0.29, 0.717) is 66.1 Å². The zero-order valence-corrected chi connectivity index (χ0v) is 21.0. The summed E-state index contributed by atoms with van der Waals surface area (Å²) in [6.07, 6.45) is 7.02. The highest BCUT2D eigenvalue weighted by Crippen LogP contribution is 2.32. The largest absolute Gasteiger partial charge is 0.633 e. The lowest BCUT2D eigenvalue weighted by Crippen LogP contribution is -2.47. The summed E-state index contributed by atoms with van der Waals surface area (Å²) in [6.45, 7) is 6.27. The van der Waals surface area contributed by atoms with E-state index < -0.39 is 5.82 Å². The van der Waals surface area contributed by atoms with Crippen LogP contribution < -0.4 is 10.4 Å². The number of pyridine rings is 2. The quantitative estimate of drug-likeness (QED) is 0.207. The molecule has 36 heavy (non-hydrogen) atoms. The van der Waals surface area contributed by atoms with E-state index >= 15 is 4.39 Å². The smallest absolute Gasteiger partial charge is 0.329 e. The van der Waals surface area contributed by atoms with E-state index in [1.54, 1.807) is 46.8 Å². The first kappa shape index (κ1) is 24.4. The fourth-order valence-corrected chi connectivity index (χ4v) is 5.21. The minimum absolute atomic E-state index is 0.0631. The number of nitrogens with zero attached hydrogens (tertiary/aromatic N) is 5. The minimum atomic E-state index is -0.412. The number of quaternary nitrogens is 1. The highest BCUT2D eigenvalue weighted by molar-refractivity contribution is 6.04. The van der Waals surface area contributed by atoms with Gasteiger partial charge in [-0.15, -0.1) is 0 Å². The molecule has 5 rings (SSSR count). The Kier molecular flexibility index (Phi) is 6.53. The number of aryl methyl sites for hydroxylation is 1. The van der Waals surface area contributed by atoms with E-state index in [-0.39, 0.29) is 16.4 Å². The van der Waals surface area contributed by atoms with Crippen LogP contribution in [0.1, 0.15) is 45.6 Å². The van der Waals surface area contributed by atoms with Gasteiger partial charge in [0.2, 0.25) is 5.88 Å². The van der Waals surface area contributed by atoms with Gasteiger partial charge in [0.25, 0.3) is 0 Å². The Balaban J connectivity index is 1.39. The van der Waals surface area contributed by atoms with Crippen molar-refractivity contribution in [2.45, 2.75) is 45.6 Å². The van der Waals surface area contributed by atoms with Crippen LogP contribution in [0.15, 0.2) is 41.5 Å². The van der Waals surface area contributed by atoms with Crippen LogP contribution in [-0.4, -0.2) is 50.0 Å². The maximum absolute atomic E-state index is 15.1. The van der Waals surface area contributed by atoms with Crippen LogP contribution in [0.3, 0.4) is 0 Å². The van der Waals surface area contributed by atoms with Crippen LogP contribution in [0.25, 0.3) is 33.1 Å². The third kappa shape index (κ3) is 4.49. The molecule has 8 nitrogen and oxygen atoms in total. The molecule has 0 bridgehead atoms. The van der Waals surface area contributed by atoms with Crippen molar-refractivity contribution < 1.29 is 13.8 Å². The van der Waals surface area contributed by atoms with Crippen molar-refractivity contribution in [1.82, 2.24) is 19.1 Å². The lowest BCUT2D eigenvalue weighted by molar-refractivity contribution is -0.885. The normalized spacial score (nSPS) is 15.7. The van der Waals surface area contributed by atoms with Gasteiger partial charge in [-0.3, -0.25) is 14.1 Å². The van der Waals surface area contributed by atoms with E-state index in [4.69, 9.17) is 4.74 Å². The summed E-state index contributed by atoms with van der Waals surface area (Å²) in [5, 5.41) is 13.3. The summed E-state index contributed by atoms with van der Waals surface area (Å²) < 4.78 is 24.0. The van der Waals surface area contributed by atoms with Crippen molar-refractivity contribution in [2.24, 2.45) is 7.05 Å².